The van der Waals surface area contributed by atoms with Crippen molar-refractivity contribution in [2.24, 2.45) is 30.7 Å². The number of anilines is 2. The van der Waals surface area contributed by atoms with Crippen LogP contribution < -0.4 is 53.7 Å². The Morgan fingerprint density at radius 2 is 0.487 bits per heavy atom. The van der Waals surface area contributed by atoms with E-state index in [-0.39, 0.29) is 62.5 Å². The van der Waals surface area contributed by atoms with Crippen LogP contribution in [-0.4, -0.2) is 145 Å². The molecule has 0 spiro atoms. The van der Waals surface area contributed by atoms with Gasteiger partial charge >= 0.3 is 0 Å². The number of nitrogens with one attached hydrogen (secondary N) is 1. The normalized spacial score (nSPS) is 11.4. The Morgan fingerprint density at radius 3 is 0.757 bits per heavy atom. The molecule has 0 aromatic heterocycles. The summed E-state index contributed by atoms with van der Waals surface area (Å²) in [5.41, 5.74) is 11.6. The number of nitrogens with zero attached hydrogens (tertiary/aromatic N) is 6. The van der Waals surface area contributed by atoms with Crippen molar-refractivity contribution in [1.82, 2.24) is 0 Å². The first-order chi connectivity index (χ1) is 56.8. The second-order valence-corrected chi connectivity index (χ2v) is 27.1. The molecular weight excluding hydrogens is 1460 g/mol. The number of benzene rings is 8. The van der Waals surface area contributed by atoms with Gasteiger partial charge in [-0.25, -0.2) is 0 Å². The molecule has 8 aromatic rings. The zero-order chi connectivity index (χ0) is 80.3. The lowest BCUT2D eigenvalue weighted by molar-refractivity contribution is 0.0230. The fraction of sp³-hybridized carbons (Fsp3) is 0.462. The summed E-state index contributed by atoms with van der Waals surface area (Å²) in [6.07, 6.45) is 22.0. The quantitative estimate of drug-likeness (QED) is 0.0204. The monoisotopic (exact) mass is 1580 g/mol. The number of ether oxygens (including phenoxy) is 15. The van der Waals surface area contributed by atoms with Gasteiger partial charge in [0, 0.05) is 16.9 Å². The van der Waals surface area contributed by atoms with E-state index in [1.54, 1.807) is 36.4 Å². The molecule has 0 aliphatic carbocycles. The van der Waals surface area contributed by atoms with Crippen LogP contribution in [-0.2, 0) is 28.4 Å². The van der Waals surface area contributed by atoms with E-state index in [1.807, 2.05) is 146 Å². The molecule has 8 rings (SSSR count). The number of rotatable bonds is 65. The van der Waals surface area contributed by atoms with E-state index in [0.29, 0.717) is 145 Å². The van der Waals surface area contributed by atoms with Gasteiger partial charge in [0.1, 0.15) is 74.1 Å². The highest BCUT2D eigenvalue weighted by Gasteiger charge is 2.20. The number of carbonyl (C=O) groups excluding carboxylic acids is 1. The molecule has 0 aliphatic rings. The molecule has 0 atom stereocenters. The Bertz CT molecular complexity index is 3780. The summed E-state index contributed by atoms with van der Waals surface area (Å²) in [4.78, 5) is 14.0. The molecule has 0 saturated carbocycles. The van der Waals surface area contributed by atoms with Gasteiger partial charge in [0.15, 0.2) is 11.5 Å². The van der Waals surface area contributed by atoms with Crippen molar-refractivity contribution in [3.05, 3.63) is 188 Å². The van der Waals surface area contributed by atoms with Crippen LogP contribution in [0, 0.1) is 0 Å². The molecule has 24 heteroatoms. The molecule has 8 aromatic carbocycles. The first-order valence-electron chi connectivity index (χ1n) is 41.1. The van der Waals surface area contributed by atoms with Crippen LogP contribution in [0.15, 0.2) is 213 Å². The van der Waals surface area contributed by atoms with Crippen molar-refractivity contribution in [3.63, 3.8) is 0 Å². The summed E-state index contributed by atoms with van der Waals surface area (Å²) in [6, 6.07) is 55.2. The van der Waals surface area contributed by atoms with E-state index in [9.17, 15) is 4.79 Å². The Morgan fingerprint density at radius 1 is 0.261 bits per heavy atom. The minimum Gasteiger partial charge on any atom is -0.494 e. The summed E-state index contributed by atoms with van der Waals surface area (Å²) in [5, 5.41) is 29.2. The van der Waals surface area contributed by atoms with Crippen molar-refractivity contribution in [2.75, 3.05) is 150 Å². The van der Waals surface area contributed by atoms with Crippen LogP contribution >= 0.6 is 0 Å². The second-order valence-electron chi connectivity index (χ2n) is 27.1. The average Bonchev–Trinajstić information content (AvgIpc) is 0.809. The molecule has 24 nitrogen and oxygen atoms in total. The van der Waals surface area contributed by atoms with E-state index in [0.717, 1.165) is 53.6 Å². The molecule has 0 heterocycles. The van der Waals surface area contributed by atoms with Gasteiger partial charge in [-0.1, -0.05) is 117 Å². The molecule has 0 fully saturated rings. The largest absolute Gasteiger partial charge is 0.494 e. The smallest absolute Gasteiger partial charge is 0.255 e. The van der Waals surface area contributed by atoms with Crippen LogP contribution in [0.2, 0.25) is 0 Å². The minimum atomic E-state index is -0.421. The summed E-state index contributed by atoms with van der Waals surface area (Å²) >= 11 is 0. The van der Waals surface area contributed by atoms with Crippen LogP contribution in [0.25, 0.3) is 0 Å². The molecule has 620 valence electrons. The Balaban J connectivity index is 0.760. The molecular formula is C91H120N8O16. The van der Waals surface area contributed by atoms with Gasteiger partial charge in [-0.3, -0.25) is 4.79 Å². The maximum absolute atomic E-state index is 14.0. The predicted octanol–water partition coefficient (Wildman–Crippen LogP) is 22.5. The zero-order valence-corrected chi connectivity index (χ0v) is 67.7. The number of nitrogens with two attached hydrogens (primary N) is 1. The van der Waals surface area contributed by atoms with Crippen molar-refractivity contribution in [1.29, 1.82) is 0 Å². The lowest BCUT2D eigenvalue weighted by atomic mass is 10.1. The van der Waals surface area contributed by atoms with Gasteiger partial charge in [-0.2, -0.15) is 30.7 Å². The maximum atomic E-state index is 14.0. The topological polar surface area (TPSA) is 268 Å². The Labute approximate surface area is 680 Å². The number of hydrogen-bond acceptors (Lipinski definition) is 23. The van der Waals surface area contributed by atoms with E-state index in [2.05, 4.69) is 56.8 Å². The van der Waals surface area contributed by atoms with Crippen LogP contribution in [0.5, 0.6) is 51.7 Å². The van der Waals surface area contributed by atoms with Crippen molar-refractivity contribution in [2.45, 2.75) is 136 Å². The highest BCUT2D eigenvalue weighted by Crippen LogP contribution is 2.40. The summed E-state index contributed by atoms with van der Waals surface area (Å²) < 4.78 is 89.7. The molecule has 0 radical (unpaired) electrons. The third-order valence-electron chi connectivity index (χ3n) is 17.7. The third-order valence-corrected chi connectivity index (χ3v) is 17.7. The second kappa shape index (κ2) is 57.8. The van der Waals surface area contributed by atoms with Gasteiger partial charge < -0.3 is 82.1 Å². The minimum absolute atomic E-state index is 0.0954. The van der Waals surface area contributed by atoms with Gasteiger partial charge in [0.2, 0.25) is 5.75 Å². The van der Waals surface area contributed by atoms with Crippen molar-refractivity contribution < 1.29 is 75.8 Å². The van der Waals surface area contributed by atoms with E-state index >= 15 is 0 Å². The highest BCUT2D eigenvalue weighted by molar-refractivity contribution is 6.05. The van der Waals surface area contributed by atoms with Gasteiger partial charge in [-0.05, 0) is 201 Å². The third kappa shape index (κ3) is 39.6. The Kier molecular flexibility index (Phi) is 45.4. The predicted molar refractivity (Wildman–Crippen MR) is 451 cm³/mol. The number of unbranched alkanes of at least 4 members (excludes halogenated alkanes) is 15. The van der Waals surface area contributed by atoms with Crippen LogP contribution in [0.3, 0.4) is 0 Å². The highest BCUT2D eigenvalue weighted by atomic mass is 16.6. The molecule has 115 heavy (non-hydrogen) atoms. The summed E-state index contributed by atoms with van der Waals surface area (Å²) in [6.45, 7) is 13.6. The van der Waals surface area contributed by atoms with Gasteiger partial charge in [-0.15, -0.1) is 0 Å². The average molecular weight is 1580 g/mol. The number of carbonyl (C=O) groups is 1. The zero-order valence-electron chi connectivity index (χ0n) is 67.7. The first kappa shape index (κ1) is 90.3. The van der Waals surface area contributed by atoms with Crippen LogP contribution in [0.4, 0.5) is 45.5 Å². The number of azo groups is 3. The van der Waals surface area contributed by atoms with Crippen molar-refractivity contribution >= 4 is 51.4 Å². The van der Waals surface area contributed by atoms with Gasteiger partial charge in [0.05, 0.1) is 133 Å². The van der Waals surface area contributed by atoms with E-state index in [1.165, 1.54) is 96.3 Å². The summed E-state index contributed by atoms with van der Waals surface area (Å²) in [7, 11) is 0. The molecule has 0 saturated heterocycles. The number of amides is 1. The molecule has 3 N–H and O–H groups in total. The van der Waals surface area contributed by atoms with E-state index < -0.39 is 5.91 Å². The fourth-order valence-corrected chi connectivity index (χ4v) is 11.3. The number of nitrogen functional groups attached to an aromatic ring is 1. The van der Waals surface area contributed by atoms with Crippen molar-refractivity contribution in [3.8, 4) is 51.7 Å². The summed E-state index contributed by atoms with van der Waals surface area (Å²) in [5.74, 6) is 4.86. The molecule has 0 unspecified atom stereocenters. The Hall–Kier alpha value is -10.2. The first-order valence-corrected chi connectivity index (χ1v) is 41.1. The van der Waals surface area contributed by atoms with Gasteiger partial charge in [0.25, 0.3) is 5.91 Å². The lowest BCUT2D eigenvalue weighted by Gasteiger charge is -2.19. The molecule has 0 aliphatic heterocycles. The fourth-order valence-electron chi connectivity index (χ4n) is 11.3. The van der Waals surface area contributed by atoms with E-state index in [4.69, 9.17) is 76.8 Å². The molecule has 1 amide bonds. The molecule has 0 bridgehead atoms. The van der Waals surface area contributed by atoms with Crippen LogP contribution in [0.1, 0.15) is 147 Å². The lowest BCUT2D eigenvalue weighted by Crippen LogP contribution is -2.17. The SMILES string of the molecule is CCCCCCCCOc1ccc(N=Nc2ccc(OCCOCCOCCOc3cc(C(=O)Nc4ccc(N)cc4)cc(OCCOCCOCCOc4ccc(N=Nc5ccc(OCCCCCCCC)cc5)cc4)c3OCCOCCOCCOc3ccc(N=Nc4ccc(OCCCCCCCC)cc4)cc3)cc2)cc1. The number of hydrogen-bond donors (Lipinski definition) is 2. The standard InChI is InChI=1S/C91H120N8O16/c1-4-7-10-13-16-19-50-107-82-38-26-76(27-39-82)94-97-79-32-44-85(45-33-79)110-65-59-101-53-56-104-62-68-113-88-71-73(91(100)93-75-24-22-74(92)23-25-75)72-89(114-69-63-105-57-54-102-60-66-111-86-46-34-80(35-47-86)98-95-77-28-40-83(41-29-77)108-51-20-17-14-11-8-5-2)90(88)115-70-64-106-58-55-103-61-67-112-87-48-36-81(37-49-87)99-96-78-30-42-84(43-31-78)109-52-21-18-15-12-9-6-3/h22-49,71-72H,4-21,50-70,92H2,1-3H3,(H,93,100). The maximum Gasteiger partial charge on any atom is 0.255 e.